The van der Waals surface area contributed by atoms with Crippen molar-refractivity contribution in [2.45, 2.75) is 26.7 Å². The van der Waals surface area contributed by atoms with Crippen molar-refractivity contribution in [3.8, 4) is 0 Å². The van der Waals surface area contributed by atoms with Gasteiger partial charge in [0.25, 0.3) is 5.91 Å². The highest BCUT2D eigenvalue weighted by molar-refractivity contribution is 5.92. The van der Waals surface area contributed by atoms with E-state index in [0.29, 0.717) is 16.8 Å². The van der Waals surface area contributed by atoms with Crippen LogP contribution in [-0.4, -0.2) is 28.9 Å². The van der Waals surface area contributed by atoms with Gasteiger partial charge in [0.2, 0.25) is 0 Å². The smallest absolute Gasteiger partial charge is 0.272 e. The molecule has 2 heterocycles. The summed E-state index contributed by atoms with van der Waals surface area (Å²) in [6.07, 6.45) is 3.63. The highest BCUT2D eigenvalue weighted by Crippen LogP contribution is 2.30. The standard InChI is InChI=1S/C13H19N3O/c1-13(2)5-7-16(8-6-13)12(17)11-4-3-10(14)9-15-11/h3-4,9H,5-8,14H2,1-2H3. The first-order valence-electron chi connectivity index (χ1n) is 5.99. The summed E-state index contributed by atoms with van der Waals surface area (Å²) in [7, 11) is 0. The molecule has 92 valence electrons. The Morgan fingerprint density at radius 2 is 2.00 bits per heavy atom. The van der Waals surface area contributed by atoms with Crippen molar-refractivity contribution >= 4 is 11.6 Å². The Balaban J connectivity index is 2.04. The number of carbonyl (C=O) groups is 1. The SMILES string of the molecule is CC1(C)CCN(C(=O)c2ccc(N)cn2)CC1. The Labute approximate surface area is 102 Å². The van der Waals surface area contributed by atoms with Gasteiger partial charge in [0.05, 0.1) is 11.9 Å². The minimum atomic E-state index is 0.0144. The van der Waals surface area contributed by atoms with Gasteiger partial charge in [-0.2, -0.15) is 0 Å². The van der Waals surface area contributed by atoms with E-state index in [4.69, 9.17) is 5.73 Å². The van der Waals surface area contributed by atoms with Crippen molar-refractivity contribution in [3.63, 3.8) is 0 Å². The number of hydrogen-bond donors (Lipinski definition) is 1. The van der Waals surface area contributed by atoms with Crippen LogP contribution in [0.25, 0.3) is 0 Å². The number of carbonyl (C=O) groups excluding carboxylic acids is 1. The van der Waals surface area contributed by atoms with Gasteiger partial charge in [-0.1, -0.05) is 13.8 Å². The number of piperidine rings is 1. The number of amides is 1. The summed E-state index contributed by atoms with van der Waals surface area (Å²) >= 11 is 0. The molecule has 0 radical (unpaired) electrons. The van der Waals surface area contributed by atoms with Crippen LogP contribution in [0.1, 0.15) is 37.2 Å². The van der Waals surface area contributed by atoms with E-state index < -0.39 is 0 Å². The van der Waals surface area contributed by atoms with Gasteiger partial charge in [-0.05, 0) is 30.4 Å². The second-order valence-corrected chi connectivity index (χ2v) is 5.43. The molecule has 1 fully saturated rings. The lowest BCUT2D eigenvalue weighted by Gasteiger charge is -2.36. The van der Waals surface area contributed by atoms with Crippen LogP contribution in [0.2, 0.25) is 0 Å². The van der Waals surface area contributed by atoms with Crippen LogP contribution in [0.5, 0.6) is 0 Å². The molecule has 1 saturated heterocycles. The minimum absolute atomic E-state index is 0.0144. The van der Waals surface area contributed by atoms with Gasteiger partial charge < -0.3 is 10.6 Å². The van der Waals surface area contributed by atoms with Crippen LogP contribution in [-0.2, 0) is 0 Å². The zero-order chi connectivity index (χ0) is 12.5. The molecule has 0 saturated carbocycles. The van der Waals surface area contributed by atoms with E-state index in [9.17, 15) is 4.79 Å². The molecule has 1 aliphatic rings. The molecular weight excluding hydrogens is 214 g/mol. The summed E-state index contributed by atoms with van der Waals surface area (Å²) in [6.45, 7) is 6.13. The monoisotopic (exact) mass is 233 g/mol. The van der Waals surface area contributed by atoms with E-state index >= 15 is 0 Å². The number of anilines is 1. The van der Waals surface area contributed by atoms with Gasteiger partial charge in [-0.25, -0.2) is 4.98 Å². The summed E-state index contributed by atoms with van der Waals surface area (Å²) in [4.78, 5) is 18.1. The first-order chi connectivity index (χ1) is 7.98. The largest absolute Gasteiger partial charge is 0.397 e. The predicted molar refractivity (Wildman–Crippen MR) is 67.6 cm³/mol. The Kier molecular flexibility index (Phi) is 3.05. The molecule has 0 aliphatic carbocycles. The third-order valence-electron chi connectivity index (χ3n) is 3.41. The number of likely N-dealkylation sites (tertiary alicyclic amines) is 1. The number of nitrogens with two attached hydrogens (primary N) is 1. The number of aromatic nitrogens is 1. The van der Waals surface area contributed by atoms with E-state index in [1.54, 1.807) is 12.1 Å². The molecular formula is C13H19N3O. The summed E-state index contributed by atoms with van der Waals surface area (Å²) in [5.74, 6) is 0.0144. The minimum Gasteiger partial charge on any atom is -0.397 e. The Morgan fingerprint density at radius 3 is 2.53 bits per heavy atom. The molecule has 4 nitrogen and oxygen atoms in total. The van der Waals surface area contributed by atoms with Gasteiger partial charge >= 0.3 is 0 Å². The van der Waals surface area contributed by atoms with Crippen LogP contribution in [0, 0.1) is 5.41 Å². The highest BCUT2D eigenvalue weighted by atomic mass is 16.2. The van der Waals surface area contributed by atoms with Crippen molar-refractivity contribution in [1.82, 2.24) is 9.88 Å². The van der Waals surface area contributed by atoms with Crippen LogP contribution in [0.3, 0.4) is 0 Å². The number of pyridine rings is 1. The first kappa shape index (κ1) is 11.9. The summed E-state index contributed by atoms with van der Waals surface area (Å²) in [5, 5.41) is 0. The van der Waals surface area contributed by atoms with Crippen LogP contribution < -0.4 is 5.73 Å². The molecule has 0 aromatic carbocycles. The lowest BCUT2D eigenvalue weighted by Crippen LogP contribution is -2.41. The summed E-state index contributed by atoms with van der Waals surface area (Å²) in [6, 6.07) is 3.41. The van der Waals surface area contributed by atoms with Gasteiger partial charge in [-0.15, -0.1) is 0 Å². The number of nitrogens with zero attached hydrogens (tertiary/aromatic N) is 2. The fourth-order valence-electron chi connectivity index (χ4n) is 2.01. The third-order valence-corrected chi connectivity index (χ3v) is 3.41. The van der Waals surface area contributed by atoms with Crippen molar-refractivity contribution in [2.24, 2.45) is 5.41 Å². The number of hydrogen-bond acceptors (Lipinski definition) is 3. The maximum atomic E-state index is 12.1. The summed E-state index contributed by atoms with van der Waals surface area (Å²) in [5.41, 5.74) is 6.98. The lowest BCUT2D eigenvalue weighted by molar-refractivity contribution is 0.0624. The molecule has 0 unspecified atom stereocenters. The lowest BCUT2D eigenvalue weighted by atomic mass is 9.82. The van der Waals surface area contributed by atoms with Crippen molar-refractivity contribution in [1.29, 1.82) is 0 Å². The Bertz CT molecular complexity index is 401. The molecule has 0 bridgehead atoms. The molecule has 0 atom stereocenters. The Morgan fingerprint density at radius 1 is 1.35 bits per heavy atom. The summed E-state index contributed by atoms with van der Waals surface area (Å²) < 4.78 is 0. The van der Waals surface area contributed by atoms with Gasteiger partial charge in [0.15, 0.2) is 0 Å². The van der Waals surface area contributed by atoms with Gasteiger partial charge in [0, 0.05) is 13.1 Å². The van der Waals surface area contributed by atoms with Gasteiger partial charge in [0.1, 0.15) is 5.69 Å². The topological polar surface area (TPSA) is 59.2 Å². The fraction of sp³-hybridized carbons (Fsp3) is 0.538. The quantitative estimate of drug-likeness (QED) is 0.806. The van der Waals surface area contributed by atoms with E-state index in [1.807, 2.05) is 4.90 Å². The maximum absolute atomic E-state index is 12.1. The molecule has 2 N–H and O–H groups in total. The van der Waals surface area contributed by atoms with Crippen molar-refractivity contribution < 1.29 is 4.79 Å². The highest BCUT2D eigenvalue weighted by Gasteiger charge is 2.28. The van der Waals surface area contributed by atoms with Gasteiger partial charge in [-0.3, -0.25) is 4.79 Å². The van der Waals surface area contributed by atoms with Crippen molar-refractivity contribution in [2.75, 3.05) is 18.8 Å². The zero-order valence-corrected chi connectivity index (χ0v) is 10.4. The third kappa shape index (κ3) is 2.75. The number of rotatable bonds is 1. The van der Waals surface area contributed by atoms with E-state index in [0.717, 1.165) is 25.9 Å². The molecule has 2 rings (SSSR count). The van der Waals surface area contributed by atoms with Crippen LogP contribution in [0.4, 0.5) is 5.69 Å². The van der Waals surface area contributed by atoms with E-state index in [-0.39, 0.29) is 5.91 Å². The molecule has 4 heteroatoms. The average molecular weight is 233 g/mol. The van der Waals surface area contributed by atoms with E-state index in [2.05, 4.69) is 18.8 Å². The number of nitrogen functional groups attached to an aromatic ring is 1. The zero-order valence-electron chi connectivity index (χ0n) is 10.4. The van der Waals surface area contributed by atoms with E-state index in [1.165, 1.54) is 6.20 Å². The molecule has 1 amide bonds. The van der Waals surface area contributed by atoms with Crippen LogP contribution >= 0.6 is 0 Å². The molecule has 1 aliphatic heterocycles. The molecule has 1 aromatic rings. The maximum Gasteiger partial charge on any atom is 0.272 e. The normalized spacial score (nSPS) is 19.1. The van der Waals surface area contributed by atoms with Crippen molar-refractivity contribution in [3.05, 3.63) is 24.0 Å². The first-order valence-corrected chi connectivity index (χ1v) is 5.99. The van der Waals surface area contributed by atoms with Crippen LogP contribution in [0.15, 0.2) is 18.3 Å². The molecule has 17 heavy (non-hydrogen) atoms. The fourth-order valence-corrected chi connectivity index (χ4v) is 2.01. The molecule has 1 aromatic heterocycles. The second kappa shape index (κ2) is 4.35. The molecule has 0 spiro atoms. The predicted octanol–water partition coefficient (Wildman–Crippen LogP) is 1.93. The Hall–Kier alpha value is -1.58. The second-order valence-electron chi connectivity index (χ2n) is 5.43. The average Bonchev–Trinajstić information content (AvgIpc) is 2.29.